The number of hydrogen-bond acceptors (Lipinski definition) is 5. The summed E-state index contributed by atoms with van der Waals surface area (Å²) in [4.78, 5) is 4.26. The van der Waals surface area contributed by atoms with Gasteiger partial charge >= 0.3 is 0 Å². The number of fused-ring (bicyclic) bond motifs is 1. The number of hydrogen-bond donors (Lipinski definition) is 2. The van der Waals surface area contributed by atoms with Gasteiger partial charge in [0.15, 0.2) is 0 Å². The van der Waals surface area contributed by atoms with Gasteiger partial charge in [0.1, 0.15) is 6.07 Å². The van der Waals surface area contributed by atoms with Crippen LogP contribution in [0.2, 0.25) is 0 Å². The number of H-pyrrole nitrogens is 1. The van der Waals surface area contributed by atoms with E-state index in [0.717, 1.165) is 27.2 Å². The van der Waals surface area contributed by atoms with Crippen LogP contribution in [0.15, 0.2) is 34.7 Å². The first-order valence-corrected chi connectivity index (χ1v) is 7.29. The Labute approximate surface area is 118 Å². The molecule has 4 nitrogen and oxygen atoms in total. The van der Waals surface area contributed by atoms with Crippen LogP contribution in [0.3, 0.4) is 0 Å². The summed E-state index contributed by atoms with van der Waals surface area (Å²) in [6, 6.07) is 8.06. The smallest absolute Gasteiger partial charge is 0.101 e. The molecule has 19 heavy (non-hydrogen) atoms. The summed E-state index contributed by atoms with van der Waals surface area (Å²) in [6.45, 7) is 1.99. The second kappa shape index (κ2) is 4.96. The summed E-state index contributed by atoms with van der Waals surface area (Å²) >= 11 is 2.98. The van der Waals surface area contributed by atoms with E-state index in [1.165, 1.54) is 23.5 Å². The molecule has 2 heterocycles. The molecule has 0 aliphatic heterocycles. The van der Waals surface area contributed by atoms with Crippen molar-refractivity contribution in [1.82, 2.24) is 9.36 Å². The highest BCUT2D eigenvalue weighted by Crippen LogP contribution is 2.30. The maximum Gasteiger partial charge on any atom is 0.101 e. The van der Waals surface area contributed by atoms with Crippen LogP contribution in [0, 0.1) is 18.3 Å². The van der Waals surface area contributed by atoms with Crippen LogP contribution < -0.4 is 4.72 Å². The van der Waals surface area contributed by atoms with E-state index in [1.807, 2.05) is 30.5 Å². The fourth-order valence-electron chi connectivity index (χ4n) is 1.82. The molecule has 0 amide bonds. The number of benzene rings is 1. The van der Waals surface area contributed by atoms with Crippen LogP contribution in [0.1, 0.15) is 11.3 Å². The highest BCUT2D eigenvalue weighted by molar-refractivity contribution is 8.00. The Bertz CT molecular complexity index is 766. The van der Waals surface area contributed by atoms with E-state index in [-0.39, 0.29) is 0 Å². The zero-order valence-electron chi connectivity index (χ0n) is 10.1. The van der Waals surface area contributed by atoms with Crippen LogP contribution in [0.25, 0.3) is 10.9 Å². The first-order chi connectivity index (χ1) is 9.29. The zero-order chi connectivity index (χ0) is 13.2. The number of nitriles is 1. The minimum Gasteiger partial charge on any atom is -0.358 e. The lowest BCUT2D eigenvalue weighted by atomic mass is 10.2. The summed E-state index contributed by atoms with van der Waals surface area (Å²) in [5.41, 5.74) is 3.61. The molecule has 0 saturated heterocycles. The Balaban J connectivity index is 1.91. The van der Waals surface area contributed by atoms with Crippen LogP contribution in [-0.2, 0) is 0 Å². The van der Waals surface area contributed by atoms with Crippen molar-refractivity contribution >= 4 is 40.1 Å². The third-order valence-corrected chi connectivity index (χ3v) is 4.64. The standard InChI is InChI=1S/C13H10N4S2/c1-8-12(7-18-16-8)19-17-11-4-2-3-10-9(5-14)6-15-13(10)11/h2-4,6-7,15,17H,1H3. The molecule has 0 bridgehead atoms. The number of aromatic nitrogens is 2. The molecule has 6 heteroatoms. The Morgan fingerprint density at radius 3 is 3.11 bits per heavy atom. The van der Waals surface area contributed by atoms with E-state index in [1.54, 1.807) is 6.20 Å². The molecule has 0 unspecified atom stereocenters. The number of rotatable bonds is 3. The Morgan fingerprint density at radius 1 is 1.47 bits per heavy atom. The second-order valence-electron chi connectivity index (χ2n) is 4.01. The molecule has 0 aliphatic carbocycles. The van der Waals surface area contributed by atoms with E-state index < -0.39 is 0 Å². The molecule has 3 aromatic rings. The molecule has 0 aliphatic rings. The first-order valence-electron chi connectivity index (χ1n) is 5.63. The molecule has 0 saturated carbocycles. The van der Waals surface area contributed by atoms with Crippen molar-refractivity contribution in [2.45, 2.75) is 11.8 Å². The van der Waals surface area contributed by atoms with Gasteiger partial charge in [-0.05, 0) is 36.5 Å². The maximum absolute atomic E-state index is 9.03. The topological polar surface area (TPSA) is 64.5 Å². The van der Waals surface area contributed by atoms with Gasteiger partial charge in [0.05, 0.1) is 27.4 Å². The second-order valence-corrected chi connectivity index (χ2v) is 5.49. The largest absolute Gasteiger partial charge is 0.358 e. The van der Waals surface area contributed by atoms with Crippen molar-refractivity contribution in [3.8, 4) is 6.07 Å². The monoisotopic (exact) mass is 286 g/mol. The number of aryl methyl sites for hydroxylation is 1. The molecule has 0 atom stereocenters. The van der Waals surface area contributed by atoms with Gasteiger partial charge in [-0.3, -0.25) is 0 Å². The minimum atomic E-state index is 0.664. The first kappa shape index (κ1) is 12.1. The van der Waals surface area contributed by atoms with Gasteiger partial charge in [0.2, 0.25) is 0 Å². The number of nitrogens with zero attached hydrogens (tertiary/aromatic N) is 2. The van der Waals surface area contributed by atoms with E-state index >= 15 is 0 Å². The van der Waals surface area contributed by atoms with E-state index in [9.17, 15) is 0 Å². The van der Waals surface area contributed by atoms with E-state index in [4.69, 9.17) is 5.26 Å². The third kappa shape index (κ3) is 2.18. The average Bonchev–Trinajstić information content (AvgIpc) is 3.02. The zero-order valence-corrected chi connectivity index (χ0v) is 11.7. The van der Waals surface area contributed by atoms with Crippen LogP contribution in [0.5, 0.6) is 0 Å². The molecule has 2 aromatic heterocycles. The molecule has 0 radical (unpaired) electrons. The summed E-state index contributed by atoms with van der Waals surface area (Å²) in [5.74, 6) is 0. The molecule has 94 valence electrons. The van der Waals surface area contributed by atoms with Crippen molar-refractivity contribution in [3.05, 3.63) is 41.0 Å². The Kier molecular flexibility index (Phi) is 3.15. The summed E-state index contributed by atoms with van der Waals surface area (Å²) < 4.78 is 7.55. The van der Waals surface area contributed by atoms with E-state index in [2.05, 4.69) is 20.1 Å². The SMILES string of the molecule is Cc1nscc1SNc1cccc2c(C#N)c[nH]c12. The van der Waals surface area contributed by atoms with Gasteiger partial charge in [-0.2, -0.15) is 9.64 Å². The molecular formula is C13H10N4S2. The normalized spacial score (nSPS) is 10.5. The van der Waals surface area contributed by atoms with Crippen LogP contribution in [-0.4, -0.2) is 9.36 Å². The molecule has 0 fully saturated rings. The van der Waals surface area contributed by atoms with E-state index in [0.29, 0.717) is 5.56 Å². The van der Waals surface area contributed by atoms with Crippen molar-refractivity contribution < 1.29 is 0 Å². The molecule has 3 rings (SSSR count). The maximum atomic E-state index is 9.03. The summed E-state index contributed by atoms with van der Waals surface area (Å²) in [6.07, 6.45) is 1.73. The summed E-state index contributed by atoms with van der Waals surface area (Å²) in [5, 5.41) is 12.0. The quantitative estimate of drug-likeness (QED) is 0.716. The van der Waals surface area contributed by atoms with Gasteiger partial charge in [-0.15, -0.1) is 0 Å². The fraction of sp³-hybridized carbons (Fsp3) is 0.0769. The van der Waals surface area contributed by atoms with Crippen molar-refractivity contribution in [2.24, 2.45) is 0 Å². The third-order valence-electron chi connectivity index (χ3n) is 2.81. The van der Waals surface area contributed by atoms with Gasteiger partial charge in [-0.25, -0.2) is 0 Å². The summed E-state index contributed by atoms with van der Waals surface area (Å²) in [7, 11) is 0. The lowest BCUT2D eigenvalue weighted by Crippen LogP contribution is -1.88. The number of anilines is 1. The van der Waals surface area contributed by atoms with Crippen molar-refractivity contribution in [2.75, 3.05) is 4.72 Å². The number of nitrogens with one attached hydrogen (secondary N) is 2. The van der Waals surface area contributed by atoms with Crippen molar-refractivity contribution in [1.29, 1.82) is 5.26 Å². The molecule has 2 N–H and O–H groups in total. The number of para-hydroxylation sites is 1. The van der Waals surface area contributed by atoms with Gasteiger partial charge in [0.25, 0.3) is 0 Å². The molecular weight excluding hydrogens is 276 g/mol. The fourth-order valence-corrected chi connectivity index (χ4v) is 3.36. The Morgan fingerprint density at radius 2 is 2.37 bits per heavy atom. The highest BCUT2D eigenvalue weighted by atomic mass is 32.2. The molecule has 0 spiro atoms. The van der Waals surface area contributed by atoms with Crippen LogP contribution >= 0.6 is 23.5 Å². The van der Waals surface area contributed by atoms with Gasteiger partial charge in [-0.1, -0.05) is 12.1 Å². The average molecular weight is 286 g/mol. The van der Waals surface area contributed by atoms with Crippen molar-refractivity contribution in [3.63, 3.8) is 0 Å². The number of aromatic amines is 1. The highest BCUT2D eigenvalue weighted by Gasteiger charge is 2.08. The van der Waals surface area contributed by atoms with Gasteiger partial charge in [0, 0.05) is 17.0 Å². The molecule has 1 aromatic carbocycles. The predicted molar refractivity (Wildman–Crippen MR) is 79.3 cm³/mol. The van der Waals surface area contributed by atoms with Crippen LogP contribution in [0.4, 0.5) is 5.69 Å². The lowest BCUT2D eigenvalue weighted by Gasteiger charge is -2.05. The Hall–Kier alpha value is -1.97. The lowest BCUT2D eigenvalue weighted by molar-refractivity contribution is 1.24. The van der Waals surface area contributed by atoms with Gasteiger partial charge < -0.3 is 9.71 Å². The minimum absolute atomic E-state index is 0.664. The predicted octanol–water partition coefficient (Wildman–Crippen LogP) is 3.92.